The summed E-state index contributed by atoms with van der Waals surface area (Å²) in [5, 5.41) is 1.16. The normalized spacial score (nSPS) is 22.8. The minimum absolute atomic E-state index is 0.118. The second-order valence-corrected chi connectivity index (χ2v) is 8.24. The molecule has 0 aliphatic carbocycles. The van der Waals surface area contributed by atoms with Crippen LogP contribution in [0.3, 0.4) is 0 Å². The van der Waals surface area contributed by atoms with Gasteiger partial charge in [-0.1, -0.05) is 47.5 Å². The number of nitrogens with one attached hydrogen (secondary N) is 2. The first kappa shape index (κ1) is 23.2. The molecule has 2 aromatic rings. The minimum Gasteiger partial charge on any atom is -0.310 e. The molecular weight excluding hydrogens is 488 g/mol. The Morgan fingerprint density at radius 3 is 2.03 bits per heavy atom. The monoisotopic (exact) mass is 500 g/mol. The van der Waals surface area contributed by atoms with E-state index in [-0.39, 0.29) is 30.4 Å². The first-order valence-corrected chi connectivity index (χ1v) is 9.83. The number of halogens is 9. The number of benzene rings is 2. The highest BCUT2D eigenvalue weighted by Crippen LogP contribution is 2.50. The third kappa shape index (κ3) is 3.72. The van der Waals surface area contributed by atoms with Crippen LogP contribution in [0.5, 0.6) is 0 Å². The van der Waals surface area contributed by atoms with Gasteiger partial charge in [0.2, 0.25) is 5.60 Å². The van der Waals surface area contributed by atoms with E-state index in [0.717, 1.165) is 0 Å². The van der Waals surface area contributed by atoms with Crippen LogP contribution in [0.25, 0.3) is 5.70 Å². The standard InChI is InChI=1S/C20H13Cl2F7N2O/c21-14-6-12(5-13(16(14)22)19(24,25)26)18(20(27,28)29)7-15(31-32-18)10-1-3-11(4-2-10)17(23)8-30-9-17/h1-7,30-31H,8-9H2. The predicted molar refractivity (Wildman–Crippen MR) is 103 cm³/mol. The van der Waals surface area contributed by atoms with Gasteiger partial charge >= 0.3 is 12.4 Å². The van der Waals surface area contributed by atoms with E-state index in [4.69, 9.17) is 28.0 Å². The summed E-state index contributed by atoms with van der Waals surface area (Å²) in [5.41, 5.74) is -4.73. The van der Waals surface area contributed by atoms with Crippen molar-refractivity contribution in [2.75, 3.05) is 13.1 Å². The fourth-order valence-electron chi connectivity index (χ4n) is 3.49. The van der Waals surface area contributed by atoms with E-state index in [0.29, 0.717) is 17.7 Å². The molecule has 12 heteroatoms. The molecule has 1 atom stereocenters. The fraction of sp³-hybridized carbons (Fsp3) is 0.300. The van der Waals surface area contributed by atoms with Crippen LogP contribution in [0, 0.1) is 0 Å². The molecule has 0 aromatic heterocycles. The fourth-order valence-corrected chi connectivity index (χ4v) is 3.93. The van der Waals surface area contributed by atoms with Crippen molar-refractivity contribution in [2.45, 2.75) is 23.6 Å². The molecule has 32 heavy (non-hydrogen) atoms. The lowest BCUT2D eigenvalue weighted by atomic mass is 9.88. The lowest BCUT2D eigenvalue weighted by molar-refractivity contribution is -0.269. The molecule has 0 spiro atoms. The third-order valence-corrected chi connectivity index (χ3v) is 6.18. The van der Waals surface area contributed by atoms with Crippen molar-refractivity contribution >= 4 is 28.9 Å². The summed E-state index contributed by atoms with van der Waals surface area (Å²) in [7, 11) is 0. The second kappa shape index (κ2) is 7.51. The highest BCUT2D eigenvalue weighted by atomic mass is 35.5. The Bertz CT molecular complexity index is 1080. The van der Waals surface area contributed by atoms with Crippen LogP contribution >= 0.6 is 23.2 Å². The van der Waals surface area contributed by atoms with E-state index < -0.39 is 44.8 Å². The first-order chi connectivity index (χ1) is 14.8. The summed E-state index contributed by atoms with van der Waals surface area (Å²) in [4.78, 5) is 4.83. The summed E-state index contributed by atoms with van der Waals surface area (Å²) >= 11 is 11.3. The molecular formula is C20H13Cl2F7N2O. The molecule has 2 aliphatic rings. The van der Waals surface area contributed by atoms with Gasteiger partial charge in [0.1, 0.15) is 0 Å². The van der Waals surface area contributed by atoms with Gasteiger partial charge in [-0.15, -0.1) is 0 Å². The van der Waals surface area contributed by atoms with Gasteiger partial charge in [0.05, 0.1) is 21.3 Å². The number of hydrogen-bond donors (Lipinski definition) is 2. The summed E-state index contributed by atoms with van der Waals surface area (Å²) < 4.78 is 96.7. The van der Waals surface area contributed by atoms with Crippen molar-refractivity contribution < 1.29 is 35.6 Å². The van der Waals surface area contributed by atoms with E-state index in [9.17, 15) is 30.7 Å². The average molecular weight is 501 g/mol. The van der Waals surface area contributed by atoms with Gasteiger partial charge in [-0.3, -0.25) is 10.3 Å². The van der Waals surface area contributed by atoms with Crippen molar-refractivity contribution in [2.24, 2.45) is 0 Å². The Morgan fingerprint density at radius 1 is 0.906 bits per heavy atom. The number of hydroxylamine groups is 1. The van der Waals surface area contributed by atoms with Crippen molar-refractivity contribution in [1.29, 1.82) is 0 Å². The highest BCUT2D eigenvalue weighted by Gasteiger charge is 2.60. The molecule has 0 amide bonds. The summed E-state index contributed by atoms with van der Waals surface area (Å²) in [6.07, 6.45) is -9.60. The summed E-state index contributed by atoms with van der Waals surface area (Å²) in [5.74, 6) is 0. The summed E-state index contributed by atoms with van der Waals surface area (Å²) in [6.45, 7) is 0.235. The van der Waals surface area contributed by atoms with Gasteiger partial charge in [-0.05, 0) is 29.3 Å². The maximum atomic E-state index is 14.5. The Hall–Kier alpha value is -2.01. The maximum absolute atomic E-state index is 14.5. The second-order valence-electron chi connectivity index (χ2n) is 7.46. The molecule has 0 saturated carbocycles. The van der Waals surface area contributed by atoms with Crippen LogP contribution in [-0.4, -0.2) is 19.3 Å². The van der Waals surface area contributed by atoms with Gasteiger partial charge in [-0.25, -0.2) is 4.39 Å². The van der Waals surface area contributed by atoms with E-state index in [2.05, 4.69) is 10.8 Å². The van der Waals surface area contributed by atoms with Crippen molar-refractivity contribution in [3.8, 4) is 0 Å². The quantitative estimate of drug-likeness (QED) is 0.498. The van der Waals surface area contributed by atoms with E-state index in [1.165, 1.54) is 24.3 Å². The van der Waals surface area contributed by atoms with Gasteiger partial charge in [0.25, 0.3) is 0 Å². The van der Waals surface area contributed by atoms with E-state index in [1.807, 2.05) is 0 Å². The zero-order valence-electron chi connectivity index (χ0n) is 15.8. The number of rotatable bonds is 3. The SMILES string of the molecule is FC(F)(F)c1cc(C2(C(F)(F)F)C=C(c3ccc(C4(F)CNC4)cc3)NO2)cc(Cl)c1Cl. The number of hydrogen-bond acceptors (Lipinski definition) is 3. The first-order valence-electron chi connectivity index (χ1n) is 9.08. The van der Waals surface area contributed by atoms with Crippen molar-refractivity contribution in [1.82, 2.24) is 10.8 Å². The molecule has 0 bridgehead atoms. The highest BCUT2D eigenvalue weighted by molar-refractivity contribution is 6.42. The lowest BCUT2D eigenvalue weighted by Crippen LogP contribution is -2.53. The van der Waals surface area contributed by atoms with Gasteiger partial charge in [0, 0.05) is 18.7 Å². The summed E-state index contributed by atoms with van der Waals surface area (Å²) in [6, 6.07) is 6.55. The van der Waals surface area contributed by atoms with Crippen LogP contribution in [-0.2, 0) is 22.3 Å². The van der Waals surface area contributed by atoms with Crippen molar-refractivity contribution in [3.05, 3.63) is 74.8 Å². The molecule has 0 radical (unpaired) electrons. The molecule has 2 heterocycles. The minimum atomic E-state index is -5.16. The van der Waals surface area contributed by atoms with Gasteiger partial charge < -0.3 is 5.32 Å². The third-order valence-electron chi connectivity index (χ3n) is 5.38. The van der Waals surface area contributed by atoms with Crippen LogP contribution in [0.15, 0.2) is 42.5 Å². The molecule has 3 nitrogen and oxygen atoms in total. The topological polar surface area (TPSA) is 33.3 Å². The Kier molecular flexibility index (Phi) is 5.44. The van der Waals surface area contributed by atoms with Crippen LogP contribution in [0.1, 0.15) is 22.3 Å². The predicted octanol–water partition coefficient (Wildman–Crippen LogP) is 6.11. The number of alkyl halides is 7. The molecule has 1 fully saturated rings. The van der Waals surface area contributed by atoms with E-state index >= 15 is 0 Å². The molecule has 4 rings (SSSR count). The largest absolute Gasteiger partial charge is 0.428 e. The molecule has 2 N–H and O–H groups in total. The molecule has 2 aromatic carbocycles. The van der Waals surface area contributed by atoms with Gasteiger partial charge in [0.15, 0.2) is 5.67 Å². The Balaban J connectivity index is 1.78. The maximum Gasteiger partial charge on any atom is 0.428 e. The van der Waals surface area contributed by atoms with Crippen LogP contribution in [0.4, 0.5) is 30.7 Å². The Morgan fingerprint density at radius 2 is 1.53 bits per heavy atom. The van der Waals surface area contributed by atoms with E-state index in [1.54, 1.807) is 0 Å². The van der Waals surface area contributed by atoms with Crippen LogP contribution in [0.2, 0.25) is 10.0 Å². The molecule has 1 unspecified atom stereocenters. The van der Waals surface area contributed by atoms with Crippen molar-refractivity contribution in [3.63, 3.8) is 0 Å². The smallest absolute Gasteiger partial charge is 0.310 e. The molecule has 1 saturated heterocycles. The van der Waals surface area contributed by atoms with Crippen LogP contribution < -0.4 is 10.8 Å². The zero-order chi connectivity index (χ0) is 23.5. The lowest BCUT2D eigenvalue weighted by Gasteiger charge is -2.35. The van der Waals surface area contributed by atoms with Gasteiger partial charge in [-0.2, -0.15) is 26.3 Å². The zero-order valence-corrected chi connectivity index (χ0v) is 17.3. The Labute approximate surface area is 187 Å². The molecule has 172 valence electrons. The molecule has 2 aliphatic heterocycles. The average Bonchev–Trinajstić information content (AvgIpc) is 3.14.